The zero-order valence-corrected chi connectivity index (χ0v) is 10.5. The molecule has 0 spiro atoms. The van der Waals surface area contributed by atoms with Crippen molar-refractivity contribution in [2.75, 3.05) is 12.3 Å². The Kier molecular flexibility index (Phi) is 3.39. The first-order valence-electron chi connectivity index (χ1n) is 5.38. The molecule has 1 aliphatic heterocycles. The van der Waals surface area contributed by atoms with E-state index in [2.05, 4.69) is 4.98 Å². The smallest absolute Gasteiger partial charge is 0.203 e. The van der Waals surface area contributed by atoms with Crippen LogP contribution in [0.2, 0.25) is 0 Å². The van der Waals surface area contributed by atoms with Crippen LogP contribution in [0.3, 0.4) is 0 Å². The van der Waals surface area contributed by atoms with E-state index in [0.717, 1.165) is 0 Å². The van der Waals surface area contributed by atoms with Gasteiger partial charge in [0.2, 0.25) is 4.77 Å². The lowest BCUT2D eigenvalue weighted by atomic mass is 9.99. The van der Waals surface area contributed by atoms with Gasteiger partial charge in [0.05, 0.1) is 6.61 Å². The van der Waals surface area contributed by atoms with Crippen molar-refractivity contribution < 1.29 is 20.1 Å². The standard InChI is InChI=1S/C10H15N3O4S/c1-10(4-14)7(16)6(15)8(17-10)13-3-2-5(11)12-9(13)18/h2-3,6-8,14-16H,4H2,1H3,(H2,11,12,18)/t6?,7-,8-,10-/m1/s1. The van der Waals surface area contributed by atoms with Crippen molar-refractivity contribution in [2.45, 2.75) is 31.0 Å². The number of rotatable bonds is 2. The highest BCUT2D eigenvalue weighted by molar-refractivity contribution is 7.71. The van der Waals surface area contributed by atoms with Crippen LogP contribution in [0.1, 0.15) is 13.2 Å². The highest BCUT2D eigenvalue weighted by Gasteiger charge is 2.51. The van der Waals surface area contributed by atoms with Gasteiger partial charge in [0.1, 0.15) is 23.6 Å². The van der Waals surface area contributed by atoms with E-state index in [9.17, 15) is 15.3 Å². The molecule has 1 aromatic heterocycles. The molecular weight excluding hydrogens is 258 g/mol. The van der Waals surface area contributed by atoms with Crippen molar-refractivity contribution in [1.82, 2.24) is 9.55 Å². The molecule has 0 amide bonds. The van der Waals surface area contributed by atoms with Crippen LogP contribution in [0, 0.1) is 4.77 Å². The van der Waals surface area contributed by atoms with Crippen LogP contribution in [-0.4, -0.2) is 49.3 Å². The van der Waals surface area contributed by atoms with Crippen molar-refractivity contribution in [2.24, 2.45) is 0 Å². The van der Waals surface area contributed by atoms with Crippen LogP contribution in [-0.2, 0) is 4.74 Å². The van der Waals surface area contributed by atoms with Gasteiger partial charge >= 0.3 is 0 Å². The number of aliphatic hydroxyl groups is 3. The van der Waals surface area contributed by atoms with E-state index in [0.29, 0.717) is 0 Å². The molecule has 5 N–H and O–H groups in total. The number of hydrogen-bond donors (Lipinski definition) is 4. The fourth-order valence-corrected chi connectivity index (χ4v) is 2.17. The lowest BCUT2D eigenvalue weighted by molar-refractivity contribution is -0.117. The number of anilines is 1. The van der Waals surface area contributed by atoms with Gasteiger partial charge in [0.15, 0.2) is 6.23 Å². The molecule has 8 heteroatoms. The molecule has 1 aromatic rings. The van der Waals surface area contributed by atoms with E-state index in [1.54, 1.807) is 0 Å². The van der Waals surface area contributed by atoms with E-state index >= 15 is 0 Å². The average molecular weight is 273 g/mol. The van der Waals surface area contributed by atoms with Gasteiger partial charge in [-0.05, 0) is 25.2 Å². The average Bonchev–Trinajstić information content (AvgIpc) is 2.55. The number of aromatic nitrogens is 2. The Balaban J connectivity index is 2.38. The molecule has 0 aromatic carbocycles. The van der Waals surface area contributed by atoms with Crippen LogP contribution in [0.4, 0.5) is 5.82 Å². The van der Waals surface area contributed by atoms with Crippen molar-refractivity contribution in [3.05, 3.63) is 17.0 Å². The summed E-state index contributed by atoms with van der Waals surface area (Å²) in [4.78, 5) is 3.87. The Morgan fingerprint density at radius 3 is 2.78 bits per heavy atom. The second-order valence-electron chi connectivity index (χ2n) is 4.46. The fraction of sp³-hybridized carbons (Fsp3) is 0.600. The molecule has 2 heterocycles. The van der Waals surface area contributed by atoms with Gasteiger partial charge in [-0.2, -0.15) is 0 Å². The predicted octanol–water partition coefficient (Wildman–Crippen LogP) is -0.804. The summed E-state index contributed by atoms with van der Waals surface area (Å²) in [5.74, 6) is 0.259. The zero-order chi connectivity index (χ0) is 13.5. The van der Waals surface area contributed by atoms with E-state index in [-0.39, 0.29) is 10.6 Å². The molecule has 7 nitrogen and oxygen atoms in total. The molecule has 1 aliphatic rings. The third kappa shape index (κ3) is 2.02. The summed E-state index contributed by atoms with van der Waals surface area (Å²) < 4.78 is 7.02. The number of nitrogens with two attached hydrogens (primary N) is 1. The third-order valence-corrected chi connectivity index (χ3v) is 3.37. The van der Waals surface area contributed by atoms with Crippen LogP contribution in [0.5, 0.6) is 0 Å². The van der Waals surface area contributed by atoms with Gasteiger partial charge in [-0.3, -0.25) is 4.57 Å². The van der Waals surface area contributed by atoms with Crippen LogP contribution in [0.15, 0.2) is 12.3 Å². The van der Waals surface area contributed by atoms with Gasteiger partial charge in [0.25, 0.3) is 0 Å². The minimum Gasteiger partial charge on any atom is -0.393 e. The van der Waals surface area contributed by atoms with Gasteiger partial charge in [-0.1, -0.05) is 0 Å². The third-order valence-electron chi connectivity index (χ3n) is 3.07. The maximum atomic E-state index is 9.96. The van der Waals surface area contributed by atoms with E-state index < -0.39 is 30.6 Å². The summed E-state index contributed by atoms with van der Waals surface area (Å²) in [6.45, 7) is 1.09. The first kappa shape index (κ1) is 13.4. The molecule has 2 rings (SSSR count). The molecule has 18 heavy (non-hydrogen) atoms. The Hall–Kier alpha value is -1.06. The molecule has 1 fully saturated rings. The van der Waals surface area contributed by atoms with Gasteiger partial charge in [-0.25, -0.2) is 4.98 Å². The number of hydrogen-bond acceptors (Lipinski definition) is 7. The molecule has 100 valence electrons. The fourth-order valence-electron chi connectivity index (χ4n) is 1.90. The molecule has 0 bridgehead atoms. The molecule has 1 unspecified atom stereocenters. The first-order chi connectivity index (χ1) is 8.39. The van der Waals surface area contributed by atoms with Crippen LogP contribution < -0.4 is 5.73 Å². The summed E-state index contributed by atoms with van der Waals surface area (Å²) >= 11 is 5.02. The topological polar surface area (TPSA) is 114 Å². The number of nitrogen functional groups attached to an aromatic ring is 1. The lowest BCUT2D eigenvalue weighted by Crippen LogP contribution is -2.43. The molecule has 4 atom stereocenters. The normalized spacial score (nSPS) is 35.9. The maximum Gasteiger partial charge on any atom is 0.203 e. The van der Waals surface area contributed by atoms with Crippen LogP contribution >= 0.6 is 12.2 Å². The summed E-state index contributed by atoms with van der Waals surface area (Å²) in [5, 5.41) is 29.1. The SMILES string of the molecule is C[C@]1(CO)O[C@@H](n2ccc(N)nc2=S)C(O)[C@H]1O. The highest BCUT2D eigenvalue weighted by Crippen LogP contribution is 2.36. The van der Waals surface area contributed by atoms with Gasteiger partial charge < -0.3 is 25.8 Å². The largest absolute Gasteiger partial charge is 0.393 e. The maximum absolute atomic E-state index is 9.96. The molecular formula is C10H15N3O4S. The van der Waals surface area contributed by atoms with Crippen LogP contribution in [0.25, 0.3) is 0 Å². The Morgan fingerprint density at radius 1 is 1.61 bits per heavy atom. The molecule has 0 radical (unpaired) electrons. The summed E-state index contributed by atoms with van der Waals surface area (Å²) in [6, 6.07) is 1.51. The molecule has 1 saturated heterocycles. The van der Waals surface area contributed by atoms with Crippen molar-refractivity contribution >= 4 is 18.0 Å². The Labute approximate surface area is 108 Å². The Morgan fingerprint density at radius 2 is 2.28 bits per heavy atom. The minimum atomic E-state index is -1.24. The van der Waals surface area contributed by atoms with E-state index in [4.69, 9.17) is 22.7 Å². The second kappa shape index (κ2) is 4.56. The Bertz CT molecular complexity index is 508. The van der Waals surface area contributed by atoms with E-state index in [1.807, 2.05) is 0 Å². The van der Waals surface area contributed by atoms with Crippen molar-refractivity contribution in [1.29, 1.82) is 0 Å². The van der Waals surface area contributed by atoms with Crippen molar-refractivity contribution in [3.8, 4) is 0 Å². The van der Waals surface area contributed by atoms with Gasteiger partial charge in [-0.15, -0.1) is 0 Å². The monoisotopic (exact) mass is 273 g/mol. The summed E-state index contributed by atoms with van der Waals surface area (Å²) in [5.41, 5.74) is 4.25. The highest BCUT2D eigenvalue weighted by atomic mass is 32.1. The minimum absolute atomic E-state index is 0.133. The summed E-state index contributed by atoms with van der Waals surface area (Å²) in [7, 11) is 0. The van der Waals surface area contributed by atoms with E-state index in [1.165, 1.54) is 23.8 Å². The lowest BCUT2D eigenvalue weighted by Gasteiger charge is -2.24. The first-order valence-corrected chi connectivity index (χ1v) is 5.79. The number of nitrogens with zero attached hydrogens (tertiary/aromatic N) is 2. The molecule has 0 saturated carbocycles. The van der Waals surface area contributed by atoms with Gasteiger partial charge in [0, 0.05) is 6.20 Å². The summed E-state index contributed by atoms with van der Waals surface area (Å²) in [6.07, 6.45) is -1.81. The predicted molar refractivity (Wildman–Crippen MR) is 65.1 cm³/mol. The second-order valence-corrected chi connectivity index (χ2v) is 4.82. The quantitative estimate of drug-likeness (QED) is 0.521. The molecule has 0 aliphatic carbocycles. The number of aliphatic hydroxyl groups excluding tert-OH is 3. The number of ether oxygens (including phenoxy) is 1. The zero-order valence-electron chi connectivity index (χ0n) is 9.72. The van der Waals surface area contributed by atoms with Crippen molar-refractivity contribution in [3.63, 3.8) is 0 Å².